The molecule has 0 aliphatic heterocycles. The van der Waals surface area contributed by atoms with Gasteiger partial charge in [-0.2, -0.15) is 0 Å². The number of rotatable bonds is 8. The van der Waals surface area contributed by atoms with E-state index in [9.17, 15) is 4.79 Å². The van der Waals surface area contributed by atoms with Crippen LogP contribution in [0.4, 0.5) is 11.4 Å². The molecule has 3 N–H and O–H groups in total. The zero-order valence-electron chi connectivity index (χ0n) is 12.4. The van der Waals surface area contributed by atoms with Crippen LogP contribution >= 0.6 is 0 Å². The third-order valence-electron chi connectivity index (χ3n) is 2.63. The van der Waals surface area contributed by atoms with Crippen molar-refractivity contribution in [1.82, 2.24) is 0 Å². The number of carbonyl (C=O) groups is 1. The van der Waals surface area contributed by atoms with E-state index in [2.05, 4.69) is 19.2 Å². The molecule has 1 aromatic carbocycles. The van der Waals surface area contributed by atoms with Gasteiger partial charge in [-0.3, -0.25) is 4.79 Å². The van der Waals surface area contributed by atoms with Crippen molar-refractivity contribution in [3.05, 3.63) is 24.3 Å². The number of nitrogen functional groups attached to an aromatic ring is 1. The average Bonchev–Trinajstić information content (AvgIpc) is 2.40. The van der Waals surface area contributed by atoms with Gasteiger partial charge < -0.3 is 20.5 Å². The van der Waals surface area contributed by atoms with Gasteiger partial charge in [-0.25, -0.2) is 0 Å². The first-order valence-electron chi connectivity index (χ1n) is 6.85. The number of nitrogens with two attached hydrogens (primary N) is 1. The molecule has 0 aromatic heterocycles. The number of hydrogen-bond donors (Lipinski definition) is 2. The monoisotopic (exact) mass is 280 g/mol. The lowest BCUT2D eigenvalue weighted by Crippen LogP contribution is -2.29. The zero-order valence-corrected chi connectivity index (χ0v) is 12.4. The van der Waals surface area contributed by atoms with Crippen LogP contribution in [0.3, 0.4) is 0 Å². The van der Waals surface area contributed by atoms with Crippen LogP contribution in [0.1, 0.15) is 20.8 Å². The Morgan fingerprint density at radius 2 is 1.95 bits per heavy atom. The van der Waals surface area contributed by atoms with Crippen LogP contribution in [-0.4, -0.2) is 31.8 Å². The molecule has 0 bridgehead atoms. The Hall–Kier alpha value is -1.59. The summed E-state index contributed by atoms with van der Waals surface area (Å²) in [6, 6.07) is 7.13. The summed E-state index contributed by atoms with van der Waals surface area (Å²) < 4.78 is 10.8. The first kappa shape index (κ1) is 16.5. The third kappa shape index (κ3) is 6.04. The van der Waals surface area contributed by atoms with Gasteiger partial charge in [0.05, 0.1) is 24.6 Å². The largest absolute Gasteiger partial charge is 0.397 e. The summed E-state index contributed by atoms with van der Waals surface area (Å²) in [4.78, 5) is 11.9. The van der Waals surface area contributed by atoms with E-state index in [1.807, 2.05) is 12.1 Å². The van der Waals surface area contributed by atoms with Crippen molar-refractivity contribution in [3.8, 4) is 0 Å². The molecule has 1 unspecified atom stereocenters. The Labute approximate surface area is 120 Å². The van der Waals surface area contributed by atoms with Crippen LogP contribution in [-0.2, 0) is 14.3 Å². The van der Waals surface area contributed by atoms with E-state index in [4.69, 9.17) is 15.2 Å². The average molecular weight is 280 g/mol. The molecule has 0 aliphatic carbocycles. The summed E-state index contributed by atoms with van der Waals surface area (Å²) in [5, 5.41) is 2.74. The second-order valence-electron chi connectivity index (χ2n) is 5.06. The van der Waals surface area contributed by atoms with Gasteiger partial charge in [0.25, 0.3) is 5.91 Å². The molecule has 1 rings (SSSR count). The van der Waals surface area contributed by atoms with Crippen molar-refractivity contribution in [1.29, 1.82) is 0 Å². The Morgan fingerprint density at radius 3 is 2.60 bits per heavy atom. The number of para-hydroxylation sites is 2. The summed E-state index contributed by atoms with van der Waals surface area (Å²) >= 11 is 0. The summed E-state index contributed by atoms with van der Waals surface area (Å²) in [5.74, 6) is 0.281. The topological polar surface area (TPSA) is 73.6 Å². The predicted octanol–water partition coefficient (Wildman–Crippen LogP) is 2.29. The molecule has 20 heavy (non-hydrogen) atoms. The summed E-state index contributed by atoms with van der Waals surface area (Å²) in [5.41, 5.74) is 6.90. The highest BCUT2D eigenvalue weighted by molar-refractivity contribution is 5.96. The normalized spacial score (nSPS) is 12.4. The number of ether oxygens (including phenoxy) is 2. The first-order valence-corrected chi connectivity index (χ1v) is 6.85. The minimum atomic E-state index is -0.544. The molecule has 0 spiro atoms. The Morgan fingerprint density at radius 1 is 1.25 bits per heavy atom. The fraction of sp³-hybridized carbons (Fsp3) is 0.533. The van der Waals surface area contributed by atoms with E-state index in [-0.39, 0.29) is 5.91 Å². The van der Waals surface area contributed by atoms with E-state index in [0.717, 1.165) is 0 Å². The molecule has 0 saturated carbocycles. The smallest absolute Gasteiger partial charge is 0.253 e. The number of nitrogens with one attached hydrogen (secondary N) is 1. The Kier molecular flexibility index (Phi) is 7.04. The maximum absolute atomic E-state index is 11.9. The number of anilines is 2. The van der Waals surface area contributed by atoms with Crippen LogP contribution in [0, 0.1) is 5.92 Å². The van der Waals surface area contributed by atoms with Crippen LogP contribution in [0.25, 0.3) is 0 Å². The maximum atomic E-state index is 11.9. The number of carbonyl (C=O) groups excluding carboxylic acids is 1. The molecule has 1 amide bonds. The van der Waals surface area contributed by atoms with E-state index in [0.29, 0.717) is 37.1 Å². The quantitative estimate of drug-likeness (QED) is 0.566. The Bertz CT molecular complexity index is 421. The minimum absolute atomic E-state index is 0.216. The zero-order chi connectivity index (χ0) is 15.0. The van der Waals surface area contributed by atoms with Gasteiger partial charge in [0.2, 0.25) is 0 Å². The third-order valence-corrected chi connectivity index (χ3v) is 2.63. The van der Waals surface area contributed by atoms with Crippen molar-refractivity contribution in [2.45, 2.75) is 26.9 Å². The molecule has 0 fully saturated rings. The predicted molar refractivity (Wildman–Crippen MR) is 80.6 cm³/mol. The van der Waals surface area contributed by atoms with Crippen molar-refractivity contribution in [2.24, 2.45) is 5.92 Å². The van der Waals surface area contributed by atoms with Gasteiger partial charge in [-0.15, -0.1) is 0 Å². The molecular formula is C15H24N2O3. The fourth-order valence-corrected chi connectivity index (χ4v) is 1.52. The highest BCUT2D eigenvalue weighted by Gasteiger charge is 2.14. The van der Waals surface area contributed by atoms with Crippen molar-refractivity contribution < 1.29 is 14.3 Å². The second-order valence-corrected chi connectivity index (χ2v) is 5.06. The second kappa shape index (κ2) is 8.55. The Balaban J connectivity index is 2.28. The molecule has 1 aromatic rings. The van der Waals surface area contributed by atoms with Crippen molar-refractivity contribution in [3.63, 3.8) is 0 Å². The van der Waals surface area contributed by atoms with Crippen molar-refractivity contribution in [2.75, 3.05) is 30.9 Å². The molecule has 5 heteroatoms. The van der Waals surface area contributed by atoms with E-state index < -0.39 is 6.10 Å². The summed E-state index contributed by atoms with van der Waals surface area (Å²) in [7, 11) is 0. The van der Waals surface area contributed by atoms with E-state index in [1.165, 1.54) is 0 Å². The van der Waals surface area contributed by atoms with Gasteiger partial charge >= 0.3 is 0 Å². The molecule has 0 heterocycles. The molecule has 5 nitrogen and oxygen atoms in total. The van der Waals surface area contributed by atoms with Gasteiger partial charge in [0.1, 0.15) is 6.10 Å². The van der Waals surface area contributed by atoms with Gasteiger partial charge in [0, 0.05) is 6.61 Å². The van der Waals surface area contributed by atoms with Gasteiger partial charge in [0.15, 0.2) is 0 Å². The van der Waals surface area contributed by atoms with Crippen LogP contribution < -0.4 is 11.1 Å². The molecular weight excluding hydrogens is 256 g/mol. The van der Waals surface area contributed by atoms with Gasteiger partial charge in [-0.05, 0) is 25.0 Å². The maximum Gasteiger partial charge on any atom is 0.253 e. The number of benzene rings is 1. The molecule has 1 atom stereocenters. The minimum Gasteiger partial charge on any atom is -0.397 e. The SMILES string of the molecule is CC(C)COCCOC(C)C(=O)Nc1ccccc1N. The van der Waals surface area contributed by atoms with Crippen LogP contribution in [0.2, 0.25) is 0 Å². The lowest BCUT2D eigenvalue weighted by atomic mass is 10.2. The highest BCUT2D eigenvalue weighted by Crippen LogP contribution is 2.17. The molecule has 112 valence electrons. The van der Waals surface area contributed by atoms with Gasteiger partial charge in [-0.1, -0.05) is 26.0 Å². The molecule has 0 aliphatic rings. The number of amides is 1. The summed E-state index contributed by atoms with van der Waals surface area (Å²) in [6.07, 6.45) is -0.544. The fourth-order valence-electron chi connectivity index (χ4n) is 1.52. The standard InChI is InChI=1S/C15H24N2O3/c1-11(2)10-19-8-9-20-12(3)15(18)17-14-7-5-4-6-13(14)16/h4-7,11-12H,8-10,16H2,1-3H3,(H,17,18). The van der Waals surface area contributed by atoms with Crippen LogP contribution in [0.15, 0.2) is 24.3 Å². The lowest BCUT2D eigenvalue weighted by Gasteiger charge is -2.14. The van der Waals surface area contributed by atoms with E-state index >= 15 is 0 Å². The van der Waals surface area contributed by atoms with E-state index in [1.54, 1.807) is 19.1 Å². The molecule has 0 radical (unpaired) electrons. The molecule has 0 saturated heterocycles. The highest BCUT2D eigenvalue weighted by atomic mass is 16.5. The van der Waals surface area contributed by atoms with Crippen LogP contribution in [0.5, 0.6) is 0 Å². The first-order chi connectivity index (χ1) is 9.50. The number of hydrogen-bond acceptors (Lipinski definition) is 4. The lowest BCUT2D eigenvalue weighted by molar-refractivity contribution is -0.127. The van der Waals surface area contributed by atoms with Crippen molar-refractivity contribution >= 4 is 17.3 Å². The summed E-state index contributed by atoms with van der Waals surface area (Å²) in [6.45, 7) is 7.46.